The average molecular weight is 577 g/mol. The van der Waals surface area contributed by atoms with E-state index in [1.165, 1.54) is 225 Å². The number of rotatable bonds is 36. The molecule has 41 heavy (non-hydrogen) atoms. The minimum atomic E-state index is 0.966. The average Bonchev–Trinajstić information content (AvgIpc) is 2.97. The van der Waals surface area contributed by atoms with E-state index >= 15 is 0 Å². The third kappa shape index (κ3) is 36.1. The first kappa shape index (κ1) is 41.0. The van der Waals surface area contributed by atoms with Crippen LogP contribution in [0.25, 0.3) is 0 Å². The van der Waals surface area contributed by atoms with Crippen LogP contribution < -0.4 is 0 Å². The van der Waals surface area contributed by atoms with Crippen LogP contribution in [0, 0.1) is 11.8 Å². The van der Waals surface area contributed by atoms with Gasteiger partial charge in [0.1, 0.15) is 0 Å². The summed E-state index contributed by atoms with van der Waals surface area (Å²) < 4.78 is 0. The molecule has 0 nitrogen and oxygen atoms in total. The summed E-state index contributed by atoms with van der Waals surface area (Å²) in [6.45, 7) is 9.63. The van der Waals surface area contributed by atoms with Crippen LogP contribution in [0.2, 0.25) is 0 Å². The molecular formula is C41H84. The summed E-state index contributed by atoms with van der Waals surface area (Å²) in [6.07, 6.45) is 51.6. The fourth-order valence-corrected chi connectivity index (χ4v) is 6.83. The first-order valence-corrected chi connectivity index (χ1v) is 20.2. The highest BCUT2D eigenvalue weighted by Gasteiger charge is 2.04. The number of hydrogen-bond acceptors (Lipinski definition) is 0. The fourth-order valence-electron chi connectivity index (χ4n) is 6.83. The van der Waals surface area contributed by atoms with Gasteiger partial charge >= 0.3 is 0 Å². The van der Waals surface area contributed by atoms with Gasteiger partial charge in [0.05, 0.1) is 0 Å². The maximum atomic E-state index is 2.50. The highest BCUT2D eigenvalue weighted by molar-refractivity contribution is 4.58. The molecule has 0 aromatic rings. The predicted octanol–water partition coefficient (Wildman–Crippen LogP) is 16.0. The van der Waals surface area contributed by atoms with Gasteiger partial charge in [0, 0.05) is 0 Å². The molecule has 2 unspecified atom stereocenters. The minimum absolute atomic E-state index is 0.966. The molecule has 0 N–H and O–H groups in total. The van der Waals surface area contributed by atoms with Crippen LogP contribution in [0.1, 0.15) is 252 Å². The lowest BCUT2D eigenvalue weighted by Gasteiger charge is -2.11. The van der Waals surface area contributed by atoms with Crippen LogP contribution in [-0.2, 0) is 0 Å². The summed E-state index contributed by atoms with van der Waals surface area (Å²) >= 11 is 0. The first-order chi connectivity index (χ1) is 20.2. The zero-order valence-electron chi connectivity index (χ0n) is 29.9. The lowest BCUT2D eigenvalue weighted by Crippen LogP contribution is -1.95. The van der Waals surface area contributed by atoms with Crippen molar-refractivity contribution < 1.29 is 0 Å². The standard InChI is InChI=1S/C41H84/c1-5-7-9-11-13-24-28-32-36-40(3)38-34-30-26-22-20-18-16-15-17-19-21-23-27-31-35-39-41(4)37-33-29-25-14-12-10-8-6-2/h40-41H,5-39H2,1-4H3. The molecular weight excluding hydrogens is 492 g/mol. The molecule has 0 fully saturated rings. The molecule has 248 valence electrons. The highest BCUT2D eigenvalue weighted by atomic mass is 14.1. The van der Waals surface area contributed by atoms with Crippen molar-refractivity contribution in [3.8, 4) is 0 Å². The van der Waals surface area contributed by atoms with Gasteiger partial charge in [-0.1, -0.05) is 252 Å². The van der Waals surface area contributed by atoms with Gasteiger partial charge in [0.2, 0.25) is 0 Å². The zero-order chi connectivity index (χ0) is 29.9. The van der Waals surface area contributed by atoms with E-state index in [4.69, 9.17) is 0 Å². The van der Waals surface area contributed by atoms with Crippen LogP contribution in [0.4, 0.5) is 0 Å². The van der Waals surface area contributed by atoms with E-state index in [2.05, 4.69) is 27.7 Å². The molecule has 0 spiro atoms. The van der Waals surface area contributed by atoms with E-state index < -0.39 is 0 Å². The van der Waals surface area contributed by atoms with Gasteiger partial charge in [0.15, 0.2) is 0 Å². The molecule has 2 atom stereocenters. The van der Waals surface area contributed by atoms with Gasteiger partial charge < -0.3 is 0 Å². The van der Waals surface area contributed by atoms with E-state index in [0.717, 1.165) is 11.8 Å². The smallest absolute Gasteiger partial charge is 0.0443 e. The van der Waals surface area contributed by atoms with Gasteiger partial charge in [-0.05, 0) is 11.8 Å². The molecule has 0 aliphatic rings. The summed E-state index contributed by atoms with van der Waals surface area (Å²) in [5.41, 5.74) is 0. The summed E-state index contributed by atoms with van der Waals surface area (Å²) in [5, 5.41) is 0. The summed E-state index contributed by atoms with van der Waals surface area (Å²) in [4.78, 5) is 0. The van der Waals surface area contributed by atoms with E-state index in [9.17, 15) is 0 Å². The topological polar surface area (TPSA) is 0 Å². The van der Waals surface area contributed by atoms with Gasteiger partial charge in [-0.15, -0.1) is 0 Å². The second-order valence-corrected chi connectivity index (χ2v) is 14.6. The van der Waals surface area contributed by atoms with E-state index in [-0.39, 0.29) is 0 Å². The van der Waals surface area contributed by atoms with Crippen molar-refractivity contribution in [1.29, 1.82) is 0 Å². The molecule has 0 aliphatic carbocycles. The fraction of sp³-hybridized carbons (Fsp3) is 1.00. The van der Waals surface area contributed by atoms with Crippen molar-refractivity contribution >= 4 is 0 Å². The highest BCUT2D eigenvalue weighted by Crippen LogP contribution is 2.21. The van der Waals surface area contributed by atoms with Crippen molar-refractivity contribution in [2.75, 3.05) is 0 Å². The molecule has 0 bridgehead atoms. The molecule has 0 heteroatoms. The Kier molecular flexibility index (Phi) is 36.2. The van der Waals surface area contributed by atoms with Crippen molar-refractivity contribution in [3.63, 3.8) is 0 Å². The maximum Gasteiger partial charge on any atom is -0.0443 e. The Morgan fingerprint density at radius 1 is 0.220 bits per heavy atom. The van der Waals surface area contributed by atoms with E-state index in [0.29, 0.717) is 0 Å². The van der Waals surface area contributed by atoms with Gasteiger partial charge in [-0.2, -0.15) is 0 Å². The summed E-state index contributed by atoms with van der Waals surface area (Å²) in [7, 11) is 0. The van der Waals surface area contributed by atoms with Crippen molar-refractivity contribution in [2.24, 2.45) is 11.8 Å². The Bertz CT molecular complexity index is 399. The Balaban J connectivity index is 3.18. The molecule has 0 saturated heterocycles. The minimum Gasteiger partial charge on any atom is -0.0654 e. The Hall–Kier alpha value is 0. The van der Waals surface area contributed by atoms with Gasteiger partial charge in [0.25, 0.3) is 0 Å². The van der Waals surface area contributed by atoms with E-state index in [1.54, 1.807) is 0 Å². The van der Waals surface area contributed by atoms with Crippen LogP contribution in [-0.4, -0.2) is 0 Å². The Morgan fingerprint density at radius 2 is 0.366 bits per heavy atom. The van der Waals surface area contributed by atoms with E-state index in [1.807, 2.05) is 0 Å². The lowest BCUT2D eigenvalue weighted by molar-refractivity contribution is 0.429. The van der Waals surface area contributed by atoms with Crippen molar-refractivity contribution in [2.45, 2.75) is 252 Å². The molecule has 0 heterocycles. The summed E-state index contributed by atoms with van der Waals surface area (Å²) in [5.74, 6) is 1.93. The molecule has 0 radical (unpaired) electrons. The normalized spacial score (nSPS) is 13.2. The van der Waals surface area contributed by atoms with Crippen LogP contribution in [0.15, 0.2) is 0 Å². The zero-order valence-corrected chi connectivity index (χ0v) is 29.9. The maximum absolute atomic E-state index is 2.50. The molecule has 0 saturated carbocycles. The van der Waals surface area contributed by atoms with Crippen LogP contribution in [0.5, 0.6) is 0 Å². The first-order valence-electron chi connectivity index (χ1n) is 20.2. The third-order valence-electron chi connectivity index (χ3n) is 9.99. The van der Waals surface area contributed by atoms with Crippen LogP contribution >= 0.6 is 0 Å². The Labute approximate surface area is 263 Å². The van der Waals surface area contributed by atoms with Crippen molar-refractivity contribution in [3.05, 3.63) is 0 Å². The third-order valence-corrected chi connectivity index (χ3v) is 9.99. The molecule has 0 rings (SSSR count). The van der Waals surface area contributed by atoms with Gasteiger partial charge in [-0.25, -0.2) is 0 Å². The van der Waals surface area contributed by atoms with Crippen molar-refractivity contribution in [1.82, 2.24) is 0 Å². The van der Waals surface area contributed by atoms with Gasteiger partial charge in [-0.3, -0.25) is 0 Å². The molecule has 0 aromatic carbocycles. The largest absolute Gasteiger partial charge is 0.0654 e. The second-order valence-electron chi connectivity index (χ2n) is 14.6. The second kappa shape index (κ2) is 36.2. The number of hydrogen-bond donors (Lipinski definition) is 0. The predicted molar refractivity (Wildman–Crippen MR) is 191 cm³/mol. The molecule has 0 aliphatic heterocycles. The monoisotopic (exact) mass is 577 g/mol. The molecule has 0 amide bonds. The Morgan fingerprint density at radius 3 is 0.537 bits per heavy atom. The SMILES string of the molecule is CCCCCCCCCCC(C)CCCCCCCCCCCCCCCCCC(C)CCCCCCCCCC. The number of unbranched alkanes of at least 4 members (excludes halogenated alkanes) is 28. The summed E-state index contributed by atoms with van der Waals surface area (Å²) in [6, 6.07) is 0. The molecule has 0 aromatic heterocycles. The quantitative estimate of drug-likeness (QED) is 0.0651. The lowest BCUT2D eigenvalue weighted by atomic mass is 9.95. The van der Waals surface area contributed by atoms with Crippen LogP contribution in [0.3, 0.4) is 0 Å².